The number of rotatable bonds is 1. The lowest BCUT2D eigenvalue weighted by Gasteiger charge is -1.98. The molecule has 1 fully saturated rings. The van der Waals surface area contributed by atoms with Crippen molar-refractivity contribution in [2.45, 2.75) is 16.9 Å². The molecule has 0 radical (unpaired) electrons. The SMILES string of the molecule is Fc1ccc(C2CC2(F)Br)cc1. The molecule has 1 aromatic carbocycles. The lowest BCUT2D eigenvalue weighted by Crippen LogP contribution is -1.90. The number of hydrogen-bond acceptors (Lipinski definition) is 0. The fourth-order valence-electron chi connectivity index (χ4n) is 1.27. The molecule has 1 aliphatic rings. The van der Waals surface area contributed by atoms with Gasteiger partial charge in [-0.25, -0.2) is 8.78 Å². The molecule has 0 amide bonds. The Morgan fingerprint density at radius 3 is 2.25 bits per heavy atom. The zero-order valence-electron chi connectivity index (χ0n) is 6.23. The first-order chi connectivity index (χ1) is 5.59. The largest absolute Gasteiger partial charge is 0.231 e. The minimum Gasteiger partial charge on any atom is -0.231 e. The van der Waals surface area contributed by atoms with E-state index < -0.39 is 4.58 Å². The van der Waals surface area contributed by atoms with E-state index in [1.165, 1.54) is 12.1 Å². The lowest BCUT2D eigenvalue weighted by atomic mass is 10.1. The maximum atomic E-state index is 13.1. The van der Waals surface area contributed by atoms with Crippen LogP contribution in [0.15, 0.2) is 24.3 Å². The van der Waals surface area contributed by atoms with Crippen LogP contribution in [0.25, 0.3) is 0 Å². The van der Waals surface area contributed by atoms with Crippen LogP contribution in [-0.4, -0.2) is 4.58 Å². The summed E-state index contributed by atoms with van der Waals surface area (Å²) in [6, 6.07) is 5.97. The average Bonchev–Trinajstić information content (AvgIpc) is 2.61. The Hall–Kier alpha value is -0.440. The summed E-state index contributed by atoms with van der Waals surface area (Å²) < 4.78 is 24.3. The average molecular weight is 233 g/mol. The van der Waals surface area contributed by atoms with Crippen LogP contribution in [0.5, 0.6) is 0 Å². The molecule has 2 unspecified atom stereocenters. The summed E-state index contributed by atoms with van der Waals surface area (Å²) in [6.45, 7) is 0. The van der Waals surface area contributed by atoms with Crippen molar-refractivity contribution in [3.63, 3.8) is 0 Å². The Morgan fingerprint density at radius 1 is 1.33 bits per heavy atom. The fourth-order valence-corrected chi connectivity index (χ4v) is 1.86. The van der Waals surface area contributed by atoms with Crippen molar-refractivity contribution in [3.05, 3.63) is 35.6 Å². The van der Waals surface area contributed by atoms with Gasteiger partial charge in [0.25, 0.3) is 0 Å². The van der Waals surface area contributed by atoms with Crippen molar-refractivity contribution < 1.29 is 8.78 Å². The standard InChI is InChI=1S/C9H7BrF2/c10-9(12)5-8(9)6-1-3-7(11)4-2-6/h1-4,8H,5H2. The van der Waals surface area contributed by atoms with E-state index in [9.17, 15) is 8.78 Å². The predicted molar refractivity (Wildman–Crippen MR) is 46.5 cm³/mol. The highest BCUT2D eigenvalue weighted by Gasteiger charge is 2.54. The summed E-state index contributed by atoms with van der Waals surface area (Å²) in [4.78, 5) is 0. The highest BCUT2D eigenvalue weighted by atomic mass is 79.9. The van der Waals surface area contributed by atoms with Crippen molar-refractivity contribution in [3.8, 4) is 0 Å². The van der Waals surface area contributed by atoms with E-state index in [2.05, 4.69) is 15.9 Å². The first-order valence-corrected chi connectivity index (χ1v) is 4.52. The van der Waals surface area contributed by atoms with Gasteiger partial charge in [-0.1, -0.05) is 12.1 Å². The van der Waals surface area contributed by atoms with Crippen LogP contribution in [-0.2, 0) is 0 Å². The van der Waals surface area contributed by atoms with Gasteiger partial charge in [0.05, 0.1) is 0 Å². The van der Waals surface area contributed by atoms with Gasteiger partial charge in [0.1, 0.15) is 5.82 Å². The van der Waals surface area contributed by atoms with Crippen LogP contribution in [0.1, 0.15) is 17.9 Å². The van der Waals surface area contributed by atoms with Crippen LogP contribution in [0.3, 0.4) is 0 Å². The third kappa shape index (κ3) is 1.38. The summed E-state index contributed by atoms with van der Waals surface area (Å²) in [5.74, 6) is -0.378. The molecular weight excluding hydrogens is 226 g/mol. The summed E-state index contributed by atoms with van der Waals surface area (Å²) in [7, 11) is 0. The molecule has 3 heteroatoms. The highest BCUT2D eigenvalue weighted by molar-refractivity contribution is 9.10. The number of alkyl halides is 2. The summed E-state index contributed by atoms with van der Waals surface area (Å²) >= 11 is 2.95. The van der Waals surface area contributed by atoms with E-state index in [0.29, 0.717) is 6.42 Å². The molecule has 1 saturated carbocycles. The van der Waals surface area contributed by atoms with Crippen LogP contribution >= 0.6 is 15.9 Å². The molecule has 2 rings (SSSR count). The monoisotopic (exact) mass is 232 g/mol. The van der Waals surface area contributed by atoms with Crippen LogP contribution in [0.4, 0.5) is 8.78 Å². The molecule has 0 bridgehead atoms. The van der Waals surface area contributed by atoms with Gasteiger partial charge in [0, 0.05) is 12.3 Å². The van der Waals surface area contributed by atoms with E-state index >= 15 is 0 Å². The second-order valence-electron chi connectivity index (χ2n) is 3.07. The lowest BCUT2D eigenvalue weighted by molar-refractivity contribution is 0.435. The van der Waals surface area contributed by atoms with Crippen molar-refractivity contribution in [2.75, 3.05) is 0 Å². The Bertz CT molecular complexity index is 292. The number of hydrogen-bond donors (Lipinski definition) is 0. The van der Waals surface area contributed by atoms with Gasteiger partial charge < -0.3 is 0 Å². The predicted octanol–water partition coefficient (Wildman–Crippen LogP) is 3.37. The third-order valence-electron chi connectivity index (χ3n) is 2.10. The van der Waals surface area contributed by atoms with Crippen molar-refractivity contribution in [1.29, 1.82) is 0 Å². The molecule has 0 nitrogen and oxygen atoms in total. The second kappa shape index (κ2) is 2.52. The molecule has 0 spiro atoms. The van der Waals surface area contributed by atoms with Gasteiger partial charge in [0.2, 0.25) is 0 Å². The molecule has 1 aromatic rings. The molecule has 0 heterocycles. The minimum absolute atomic E-state index is 0.0990. The van der Waals surface area contributed by atoms with Crippen molar-refractivity contribution in [2.24, 2.45) is 0 Å². The molecule has 12 heavy (non-hydrogen) atoms. The van der Waals surface area contributed by atoms with E-state index in [1.807, 2.05) is 0 Å². The van der Waals surface area contributed by atoms with E-state index in [1.54, 1.807) is 12.1 Å². The van der Waals surface area contributed by atoms with E-state index in [0.717, 1.165) is 5.56 Å². The van der Waals surface area contributed by atoms with Crippen LogP contribution in [0, 0.1) is 5.82 Å². The smallest absolute Gasteiger partial charge is 0.172 e. The molecule has 0 N–H and O–H groups in total. The van der Waals surface area contributed by atoms with E-state index in [4.69, 9.17) is 0 Å². The normalized spacial score (nSPS) is 33.4. The molecule has 0 aromatic heterocycles. The number of halogens is 3. The molecule has 2 atom stereocenters. The van der Waals surface area contributed by atoms with Gasteiger partial charge in [-0.2, -0.15) is 0 Å². The van der Waals surface area contributed by atoms with E-state index in [-0.39, 0.29) is 11.7 Å². The molecular formula is C9H7BrF2. The Balaban J connectivity index is 2.21. The summed E-state index contributed by atoms with van der Waals surface area (Å²) in [5.41, 5.74) is 0.857. The fraction of sp³-hybridized carbons (Fsp3) is 0.333. The molecule has 64 valence electrons. The zero-order chi connectivity index (χ0) is 8.77. The third-order valence-corrected chi connectivity index (χ3v) is 2.97. The van der Waals surface area contributed by atoms with Crippen LogP contribution < -0.4 is 0 Å². The van der Waals surface area contributed by atoms with Crippen LogP contribution in [0.2, 0.25) is 0 Å². The summed E-state index contributed by atoms with van der Waals surface area (Å²) in [5, 5.41) is 0. The quantitative estimate of drug-likeness (QED) is 0.652. The Labute approximate surface area is 77.7 Å². The van der Waals surface area contributed by atoms with Gasteiger partial charge in [-0.3, -0.25) is 0 Å². The first-order valence-electron chi connectivity index (χ1n) is 3.73. The van der Waals surface area contributed by atoms with Gasteiger partial charge >= 0.3 is 0 Å². The summed E-state index contributed by atoms with van der Waals surface area (Å²) in [6.07, 6.45) is 0.485. The molecule has 0 aliphatic heterocycles. The van der Waals surface area contributed by atoms with Crippen molar-refractivity contribution in [1.82, 2.24) is 0 Å². The zero-order valence-corrected chi connectivity index (χ0v) is 7.81. The highest BCUT2D eigenvalue weighted by Crippen LogP contribution is 2.58. The van der Waals surface area contributed by atoms with Gasteiger partial charge in [-0.15, -0.1) is 0 Å². The maximum Gasteiger partial charge on any atom is 0.172 e. The van der Waals surface area contributed by atoms with Gasteiger partial charge in [0.15, 0.2) is 4.58 Å². The Morgan fingerprint density at radius 2 is 1.83 bits per heavy atom. The number of benzene rings is 1. The second-order valence-corrected chi connectivity index (χ2v) is 4.39. The molecule has 1 aliphatic carbocycles. The first kappa shape index (κ1) is 8.17. The topological polar surface area (TPSA) is 0 Å². The maximum absolute atomic E-state index is 13.1. The van der Waals surface area contributed by atoms with Gasteiger partial charge in [-0.05, 0) is 33.6 Å². The minimum atomic E-state index is -1.25. The Kier molecular flexibility index (Phi) is 1.72. The van der Waals surface area contributed by atoms with Crippen molar-refractivity contribution >= 4 is 15.9 Å². The molecule has 0 saturated heterocycles.